The third-order valence-corrected chi connectivity index (χ3v) is 2.66. The van der Waals surface area contributed by atoms with Crippen molar-refractivity contribution < 1.29 is 19.4 Å². The Morgan fingerprint density at radius 2 is 2.05 bits per heavy atom. The summed E-state index contributed by atoms with van der Waals surface area (Å²) >= 11 is 5.86. The molecule has 0 atom stereocenters. The first-order valence-corrected chi connectivity index (χ1v) is 5.61. The number of ether oxygens (including phenoxy) is 1. The van der Waals surface area contributed by atoms with Crippen LogP contribution in [0.2, 0.25) is 5.02 Å². The van der Waals surface area contributed by atoms with Gasteiger partial charge in [0.1, 0.15) is 11.4 Å². The fraction of sp³-hybridized carbons (Fsp3) is 0.0833. The highest BCUT2D eigenvalue weighted by Crippen LogP contribution is 2.24. The summed E-state index contributed by atoms with van der Waals surface area (Å²) in [6.45, 7) is 0. The molecule has 1 aromatic heterocycles. The summed E-state index contributed by atoms with van der Waals surface area (Å²) < 4.78 is 6.22. The molecule has 0 bridgehead atoms. The van der Waals surface area contributed by atoms with Gasteiger partial charge in [0.2, 0.25) is 0 Å². The summed E-state index contributed by atoms with van der Waals surface area (Å²) in [5.41, 5.74) is -0.203. The molecule has 1 heterocycles. The maximum atomic E-state index is 11.9. The Kier molecular flexibility index (Phi) is 3.52. The smallest absolute Gasteiger partial charge is 0.362 e. The Labute approximate surface area is 113 Å². The second-order valence-corrected chi connectivity index (χ2v) is 4.07. The number of nitrogens with zero attached hydrogens (tertiary/aromatic N) is 2. The second kappa shape index (κ2) is 5.11. The number of aryl methyl sites for hydroxylation is 1. The lowest BCUT2D eigenvalue weighted by Crippen LogP contribution is -2.13. The van der Waals surface area contributed by atoms with Crippen molar-refractivity contribution in [2.24, 2.45) is 7.05 Å². The molecule has 7 heteroatoms. The first kappa shape index (κ1) is 13.1. The molecule has 6 nitrogen and oxygen atoms in total. The van der Waals surface area contributed by atoms with Gasteiger partial charge >= 0.3 is 11.9 Å². The van der Waals surface area contributed by atoms with Gasteiger partial charge < -0.3 is 9.84 Å². The summed E-state index contributed by atoms with van der Waals surface area (Å²) in [7, 11) is 1.45. The van der Waals surface area contributed by atoms with Gasteiger partial charge in [-0.15, -0.1) is 0 Å². The zero-order valence-electron chi connectivity index (χ0n) is 9.83. The quantitative estimate of drug-likeness (QED) is 0.687. The first-order chi connectivity index (χ1) is 8.99. The van der Waals surface area contributed by atoms with Gasteiger partial charge in [0, 0.05) is 13.1 Å². The molecule has 0 saturated heterocycles. The van der Waals surface area contributed by atoms with E-state index in [2.05, 4.69) is 5.10 Å². The monoisotopic (exact) mass is 280 g/mol. The summed E-state index contributed by atoms with van der Waals surface area (Å²) in [6, 6.07) is 7.62. The van der Waals surface area contributed by atoms with Gasteiger partial charge in [0.25, 0.3) is 0 Å². The number of esters is 1. The van der Waals surface area contributed by atoms with Crippen molar-refractivity contribution in [2.45, 2.75) is 0 Å². The van der Waals surface area contributed by atoms with E-state index < -0.39 is 11.9 Å². The topological polar surface area (TPSA) is 81.4 Å². The van der Waals surface area contributed by atoms with Crippen molar-refractivity contribution in [3.8, 4) is 5.75 Å². The van der Waals surface area contributed by atoms with E-state index in [9.17, 15) is 9.59 Å². The number of carboxylic acid groups (broad SMARTS) is 1. The van der Waals surface area contributed by atoms with E-state index in [-0.39, 0.29) is 22.2 Å². The van der Waals surface area contributed by atoms with E-state index in [4.69, 9.17) is 21.4 Å². The number of rotatable bonds is 3. The van der Waals surface area contributed by atoms with E-state index in [0.29, 0.717) is 0 Å². The molecular formula is C12H9ClN2O4. The van der Waals surface area contributed by atoms with Crippen molar-refractivity contribution in [1.29, 1.82) is 0 Å². The zero-order valence-corrected chi connectivity index (χ0v) is 10.6. The summed E-state index contributed by atoms with van der Waals surface area (Å²) in [5, 5.41) is 12.8. The van der Waals surface area contributed by atoms with Crippen LogP contribution < -0.4 is 4.74 Å². The van der Waals surface area contributed by atoms with Crippen LogP contribution in [-0.2, 0) is 7.05 Å². The molecule has 0 fully saturated rings. The van der Waals surface area contributed by atoms with Crippen LogP contribution in [0.25, 0.3) is 0 Å². The number of para-hydroxylation sites is 1. The van der Waals surface area contributed by atoms with Crippen LogP contribution in [0.1, 0.15) is 21.0 Å². The molecule has 0 aliphatic carbocycles. The minimum atomic E-state index is -1.22. The highest BCUT2D eigenvalue weighted by molar-refractivity contribution is 6.32. The van der Waals surface area contributed by atoms with E-state index >= 15 is 0 Å². The van der Waals surface area contributed by atoms with Gasteiger partial charge in [-0.2, -0.15) is 5.10 Å². The fourth-order valence-electron chi connectivity index (χ4n) is 1.44. The van der Waals surface area contributed by atoms with Crippen LogP contribution in [0.4, 0.5) is 0 Å². The number of aromatic nitrogens is 2. The molecule has 0 radical (unpaired) electrons. The van der Waals surface area contributed by atoms with E-state index in [0.717, 1.165) is 10.7 Å². The molecule has 0 unspecified atom stereocenters. The molecule has 1 N–H and O–H groups in total. The van der Waals surface area contributed by atoms with Gasteiger partial charge in [-0.25, -0.2) is 9.59 Å². The highest BCUT2D eigenvalue weighted by atomic mass is 35.5. The van der Waals surface area contributed by atoms with Crippen LogP contribution in [0.5, 0.6) is 5.75 Å². The molecular weight excluding hydrogens is 272 g/mol. The SMILES string of the molecule is Cn1nc(C(=O)O)cc1C(=O)Oc1ccccc1Cl. The van der Waals surface area contributed by atoms with E-state index in [1.54, 1.807) is 18.2 Å². The minimum Gasteiger partial charge on any atom is -0.476 e. The van der Waals surface area contributed by atoms with Crippen LogP contribution in [0, 0.1) is 0 Å². The van der Waals surface area contributed by atoms with Gasteiger partial charge in [0.15, 0.2) is 5.69 Å². The Morgan fingerprint density at radius 3 is 2.63 bits per heavy atom. The average molecular weight is 281 g/mol. The van der Waals surface area contributed by atoms with Crippen LogP contribution in [0.15, 0.2) is 30.3 Å². The van der Waals surface area contributed by atoms with Gasteiger partial charge in [-0.05, 0) is 12.1 Å². The number of halogens is 1. The number of aromatic carboxylic acids is 1. The van der Waals surface area contributed by atoms with Crippen molar-refractivity contribution in [3.63, 3.8) is 0 Å². The summed E-state index contributed by atoms with van der Waals surface area (Å²) in [5.74, 6) is -1.74. The number of hydrogen-bond donors (Lipinski definition) is 1. The van der Waals surface area contributed by atoms with Crippen molar-refractivity contribution in [1.82, 2.24) is 9.78 Å². The second-order valence-electron chi connectivity index (χ2n) is 3.66. The molecule has 1 aromatic carbocycles. The van der Waals surface area contributed by atoms with Gasteiger partial charge in [0.05, 0.1) is 5.02 Å². The van der Waals surface area contributed by atoms with Crippen LogP contribution in [0.3, 0.4) is 0 Å². The molecule has 0 amide bonds. The van der Waals surface area contributed by atoms with E-state index in [1.165, 1.54) is 13.1 Å². The summed E-state index contributed by atoms with van der Waals surface area (Å²) in [4.78, 5) is 22.6. The van der Waals surface area contributed by atoms with E-state index in [1.807, 2.05) is 0 Å². The maximum absolute atomic E-state index is 11.9. The Hall–Kier alpha value is -2.34. The van der Waals surface area contributed by atoms with Crippen LogP contribution >= 0.6 is 11.6 Å². The molecule has 0 saturated carbocycles. The molecule has 2 rings (SSSR count). The summed E-state index contributed by atoms with van der Waals surface area (Å²) in [6.07, 6.45) is 0. The molecule has 19 heavy (non-hydrogen) atoms. The number of hydrogen-bond acceptors (Lipinski definition) is 4. The van der Waals surface area contributed by atoms with Crippen molar-refractivity contribution in [3.05, 3.63) is 46.7 Å². The third-order valence-electron chi connectivity index (χ3n) is 2.35. The van der Waals surface area contributed by atoms with Crippen LogP contribution in [-0.4, -0.2) is 26.8 Å². The third kappa shape index (κ3) is 2.74. The predicted molar refractivity (Wildman–Crippen MR) is 66.6 cm³/mol. The zero-order chi connectivity index (χ0) is 14.0. The molecule has 2 aromatic rings. The Morgan fingerprint density at radius 1 is 1.37 bits per heavy atom. The lowest BCUT2D eigenvalue weighted by atomic mass is 10.3. The van der Waals surface area contributed by atoms with Gasteiger partial charge in [-0.3, -0.25) is 4.68 Å². The highest BCUT2D eigenvalue weighted by Gasteiger charge is 2.19. The average Bonchev–Trinajstić information content (AvgIpc) is 2.74. The Bertz CT molecular complexity index is 651. The fourth-order valence-corrected chi connectivity index (χ4v) is 1.62. The Balaban J connectivity index is 2.26. The minimum absolute atomic E-state index is 0.0253. The number of benzene rings is 1. The lowest BCUT2D eigenvalue weighted by Gasteiger charge is -2.05. The lowest BCUT2D eigenvalue weighted by molar-refractivity contribution is 0.0687. The number of carbonyl (C=O) groups excluding carboxylic acids is 1. The van der Waals surface area contributed by atoms with Crippen molar-refractivity contribution >= 4 is 23.5 Å². The first-order valence-electron chi connectivity index (χ1n) is 5.23. The molecule has 0 aliphatic rings. The standard InChI is InChI=1S/C12H9ClN2O4/c1-15-9(6-8(14-15)11(16)17)12(18)19-10-5-3-2-4-7(10)13/h2-6H,1H3,(H,16,17). The molecule has 0 spiro atoms. The number of carbonyl (C=O) groups is 2. The number of carboxylic acids is 1. The van der Waals surface area contributed by atoms with Crippen molar-refractivity contribution in [2.75, 3.05) is 0 Å². The largest absolute Gasteiger partial charge is 0.476 e. The predicted octanol–water partition coefficient (Wildman–Crippen LogP) is 1.99. The van der Waals surface area contributed by atoms with Gasteiger partial charge in [-0.1, -0.05) is 23.7 Å². The molecule has 0 aliphatic heterocycles. The normalized spacial score (nSPS) is 10.2. The maximum Gasteiger partial charge on any atom is 0.362 e. The molecule has 98 valence electrons.